The molecule has 0 saturated heterocycles. The summed E-state index contributed by atoms with van der Waals surface area (Å²) >= 11 is 0. The van der Waals surface area contributed by atoms with Crippen molar-refractivity contribution >= 4 is 5.91 Å². The van der Waals surface area contributed by atoms with Crippen LogP contribution >= 0.6 is 0 Å². The zero-order valence-corrected chi connectivity index (χ0v) is 17.6. The molecule has 0 aliphatic rings. The molecular weight excluding hydrogens is 378 g/mol. The number of carbonyl (C=O) groups is 1. The second-order valence-corrected chi connectivity index (χ2v) is 7.80. The van der Waals surface area contributed by atoms with E-state index in [4.69, 9.17) is 0 Å². The molecule has 0 aliphatic heterocycles. The van der Waals surface area contributed by atoms with Crippen molar-refractivity contribution in [1.82, 2.24) is 4.90 Å². The van der Waals surface area contributed by atoms with E-state index in [1.54, 1.807) is 0 Å². The minimum Gasteiger partial charge on any atom is -0.334 e. The summed E-state index contributed by atoms with van der Waals surface area (Å²) < 4.78 is 0. The molecule has 0 N–H and O–H groups in total. The summed E-state index contributed by atoms with van der Waals surface area (Å²) in [5.74, 6) is 0.189. The predicted octanol–water partition coefficient (Wildman–Crippen LogP) is 6.44. The average Bonchev–Trinajstić information content (AvgIpc) is 2.84. The number of carbonyl (C=O) groups excluding carboxylic acids is 1. The van der Waals surface area contributed by atoms with Gasteiger partial charge in [-0.3, -0.25) is 4.79 Å². The van der Waals surface area contributed by atoms with Gasteiger partial charge >= 0.3 is 0 Å². The third-order valence-electron chi connectivity index (χ3n) is 5.57. The van der Waals surface area contributed by atoms with E-state index in [0.29, 0.717) is 19.5 Å². The average molecular weight is 406 g/mol. The molecule has 31 heavy (non-hydrogen) atoms. The smallest absolute Gasteiger partial charge is 0.224 e. The number of hydrogen-bond acceptors (Lipinski definition) is 1. The van der Waals surface area contributed by atoms with Crippen LogP contribution < -0.4 is 0 Å². The van der Waals surface area contributed by atoms with E-state index in [-0.39, 0.29) is 11.8 Å². The van der Waals surface area contributed by atoms with Crippen molar-refractivity contribution in [1.29, 1.82) is 0 Å². The van der Waals surface area contributed by atoms with Gasteiger partial charge < -0.3 is 4.90 Å². The Morgan fingerprint density at radius 3 is 1.29 bits per heavy atom. The van der Waals surface area contributed by atoms with E-state index in [0.717, 1.165) is 11.1 Å². The molecule has 4 aromatic rings. The molecule has 0 saturated carbocycles. The van der Waals surface area contributed by atoms with Gasteiger partial charge in [0, 0.05) is 25.4 Å². The van der Waals surface area contributed by atoms with Gasteiger partial charge in [-0.1, -0.05) is 121 Å². The van der Waals surface area contributed by atoms with E-state index in [9.17, 15) is 4.79 Å². The van der Waals surface area contributed by atoms with Gasteiger partial charge in [0.05, 0.1) is 0 Å². The van der Waals surface area contributed by atoms with Gasteiger partial charge in [-0.2, -0.15) is 0 Å². The molecule has 154 valence electrons. The van der Waals surface area contributed by atoms with Crippen molar-refractivity contribution in [2.45, 2.75) is 25.4 Å². The van der Waals surface area contributed by atoms with Gasteiger partial charge in [-0.15, -0.1) is 0 Å². The molecule has 2 nitrogen and oxygen atoms in total. The van der Waals surface area contributed by atoms with E-state index in [2.05, 4.69) is 48.5 Å². The Morgan fingerprint density at radius 2 is 0.903 bits per heavy atom. The molecule has 0 aromatic heterocycles. The normalized spacial score (nSPS) is 10.7. The monoisotopic (exact) mass is 405 g/mol. The maximum atomic E-state index is 13.6. The summed E-state index contributed by atoms with van der Waals surface area (Å²) in [5.41, 5.74) is 4.62. The molecule has 0 fully saturated rings. The number of hydrogen-bond donors (Lipinski definition) is 0. The van der Waals surface area contributed by atoms with Crippen LogP contribution in [0.25, 0.3) is 0 Å². The zero-order chi connectivity index (χ0) is 21.3. The van der Waals surface area contributed by atoms with Gasteiger partial charge in [-0.05, 0) is 22.3 Å². The molecular formula is C29H27NO. The van der Waals surface area contributed by atoms with E-state index >= 15 is 0 Å². The van der Waals surface area contributed by atoms with Gasteiger partial charge in [0.2, 0.25) is 5.91 Å². The van der Waals surface area contributed by atoms with Crippen molar-refractivity contribution < 1.29 is 4.79 Å². The lowest BCUT2D eigenvalue weighted by Gasteiger charge is -2.26. The first-order chi connectivity index (χ1) is 15.3. The lowest BCUT2D eigenvalue weighted by Crippen LogP contribution is -2.31. The zero-order valence-electron chi connectivity index (χ0n) is 17.6. The fourth-order valence-corrected chi connectivity index (χ4v) is 3.94. The van der Waals surface area contributed by atoms with Crippen LogP contribution in [-0.4, -0.2) is 10.8 Å². The molecule has 0 heterocycles. The highest BCUT2D eigenvalue weighted by molar-refractivity contribution is 5.78. The lowest BCUT2D eigenvalue weighted by atomic mass is 9.88. The Labute approximate surface area is 184 Å². The second kappa shape index (κ2) is 10.4. The molecule has 0 bridgehead atoms. The highest BCUT2D eigenvalue weighted by atomic mass is 16.2. The van der Waals surface area contributed by atoms with E-state index < -0.39 is 0 Å². The summed E-state index contributed by atoms with van der Waals surface area (Å²) in [6, 6.07) is 41.1. The van der Waals surface area contributed by atoms with Gasteiger partial charge in [0.1, 0.15) is 0 Å². The van der Waals surface area contributed by atoms with Crippen LogP contribution in [0.3, 0.4) is 0 Å². The van der Waals surface area contributed by atoms with Crippen LogP contribution in [0.4, 0.5) is 0 Å². The van der Waals surface area contributed by atoms with Crippen LogP contribution in [0, 0.1) is 0 Å². The van der Waals surface area contributed by atoms with Crippen molar-refractivity contribution in [3.8, 4) is 0 Å². The topological polar surface area (TPSA) is 20.3 Å². The molecule has 0 radical (unpaired) electrons. The third kappa shape index (κ3) is 5.70. The van der Waals surface area contributed by atoms with Crippen molar-refractivity contribution in [3.63, 3.8) is 0 Å². The van der Waals surface area contributed by atoms with Crippen molar-refractivity contribution in [2.24, 2.45) is 0 Å². The van der Waals surface area contributed by atoms with Crippen LogP contribution in [-0.2, 0) is 17.9 Å². The number of rotatable bonds is 8. The Morgan fingerprint density at radius 1 is 0.548 bits per heavy atom. The maximum absolute atomic E-state index is 13.6. The highest BCUT2D eigenvalue weighted by Gasteiger charge is 2.22. The Bertz CT molecular complexity index is 982. The van der Waals surface area contributed by atoms with E-state index in [1.807, 2.05) is 77.7 Å². The number of benzene rings is 4. The Balaban J connectivity index is 1.61. The largest absolute Gasteiger partial charge is 0.334 e. The van der Waals surface area contributed by atoms with E-state index in [1.165, 1.54) is 11.1 Å². The fourth-order valence-electron chi connectivity index (χ4n) is 3.94. The highest BCUT2D eigenvalue weighted by Crippen LogP contribution is 2.29. The maximum Gasteiger partial charge on any atom is 0.224 e. The first-order valence-electron chi connectivity index (χ1n) is 10.7. The van der Waals surface area contributed by atoms with Crippen LogP contribution in [0.5, 0.6) is 0 Å². The summed E-state index contributed by atoms with van der Waals surface area (Å²) in [4.78, 5) is 15.6. The molecule has 1 amide bonds. The summed E-state index contributed by atoms with van der Waals surface area (Å²) in [5, 5.41) is 0. The minimum absolute atomic E-state index is 0.0314. The first-order valence-corrected chi connectivity index (χ1v) is 10.7. The summed E-state index contributed by atoms with van der Waals surface area (Å²) in [7, 11) is 0. The predicted molar refractivity (Wildman–Crippen MR) is 126 cm³/mol. The quantitative estimate of drug-likeness (QED) is 0.330. The van der Waals surface area contributed by atoms with Crippen molar-refractivity contribution in [2.75, 3.05) is 0 Å². The van der Waals surface area contributed by atoms with Gasteiger partial charge in [-0.25, -0.2) is 0 Å². The van der Waals surface area contributed by atoms with Crippen LogP contribution in [0.2, 0.25) is 0 Å². The molecule has 4 aromatic carbocycles. The van der Waals surface area contributed by atoms with Gasteiger partial charge in [0.15, 0.2) is 0 Å². The molecule has 4 rings (SSSR count). The Hall–Kier alpha value is -3.65. The molecule has 0 aliphatic carbocycles. The molecule has 0 spiro atoms. The number of nitrogens with zero attached hydrogens (tertiary/aromatic N) is 1. The fraction of sp³-hybridized carbons (Fsp3) is 0.138. The third-order valence-corrected chi connectivity index (χ3v) is 5.57. The number of amides is 1. The Kier molecular flexibility index (Phi) is 6.92. The summed E-state index contributed by atoms with van der Waals surface area (Å²) in [6.07, 6.45) is 0.438. The first kappa shape index (κ1) is 20.6. The van der Waals surface area contributed by atoms with Crippen LogP contribution in [0.15, 0.2) is 121 Å². The standard InChI is InChI=1S/C29H27NO/c31-29(21-28(26-17-9-3-10-18-26)27-19-11-4-12-20-27)30(22-24-13-5-1-6-14-24)23-25-15-7-2-8-16-25/h1-20,28H,21-23H2. The molecule has 0 atom stereocenters. The van der Waals surface area contributed by atoms with Crippen molar-refractivity contribution in [3.05, 3.63) is 144 Å². The summed E-state index contributed by atoms with van der Waals surface area (Å²) in [6.45, 7) is 1.20. The minimum atomic E-state index is 0.0314. The molecule has 2 heteroatoms. The SMILES string of the molecule is O=C(CC(c1ccccc1)c1ccccc1)N(Cc1ccccc1)Cc1ccccc1. The molecule has 0 unspecified atom stereocenters. The van der Waals surface area contributed by atoms with Gasteiger partial charge in [0.25, 0.3) is 0 Å². The second-order valence-electron chi connectivity index (χ2n) is 7.80. The lowest BCUT2D eigenvalue weighted by molar-refractivity contribution is -0.132. The van der Waals surface area contributed by atoms with Crippen LogP contribution in [0.1, 0.15) is 34.6 Å².